The Morgan fingerprint density at radius 3 is 2.15 bits per heavy atom. The number of rotatable bonds is 5. The zero-order valence-corrected chi connectivity index (χ0v) is 18.4. The Morgan fingerprint density at radius 1 is 0.909 bits per heavy atom. The Kier molecular flexibility index (Phi) is 6.24. The number of hydrogen-bond acceptors (Lipinski definition) is 4. The molecule has 0 spiro atoms. The molecule has 0 N–H and O–H groups in total. The van der Waals surface area contributed by atoms with Crippen molar-refractivity contribution in [1.29, 1.82) is 0 Å². The minimum atomic E-state index is -1.02. The van der Waals surface area contributed by atoms with Crippen LogP contribution in [0.15, 0.2) is 103 Å². The smallest absolute Gasteiger partial charge is 0.410 e. The normalized spacial score (nSPS) is 21.6. The molecule has 1 amide bonds. The molecule has 3 aromatic rings. The molecule has 2 aliphatic rings. The standard InChI is InChI=1S/C28H27NO4/c30-27(31-20-22-12-4-1-5-13-22)29-19-11-10-18-25(29)26-21-32-28(33-26,23-14-6-2-7-15-23)24-16-8-3-9-17-24/h1-10,12-18,25-26H,11,19-21H2/t25-,26+/m0/s1. The first kappa shape index (κ1) is 21.4. The van der Waals surface area contributed by atoms with Gasteiger partial charge in [-0.25, -0.2) is 4.79 Å². The van der Waals surface area contributed by atoms with Crippen molar-refractivity contribution in [3.63, 3.8) is 0 Å². The first-order valence-corrected chi connectivity index (χ1v) is 11.3. The lowest BCUT2D eigenvalue weighted by Gasteiger charge is -2.35. The predicted molar refractivity (Wildman–Crippen MR) is 125 cm³/mol. The highest BCUT2D eigenvalue weighted by Gasteiger charge is 2.48. The SMILES string of the molecule is O=C(OCc1ccccc1)N1CCC=C[C@H]1[C@H]1COC(c2ccccc2)(c2ccccc2)O1. The first-order valence-electron chi connectivity index (χ1n) is 11.3. The molecule has 2 heterocycles. The van der Waals surface area contributed by atoms with Crippen LogP contribution in [0.1, 0.15) is 23.1 Å². The van der Waals surface area contributed by atoms with E-state index in [4.69, 9.17) is 14.2 Å². The topological polar surface area (TPSA) is 48.0 Å². The van der Waals surface area contributed by atoms with Crippen molar-refractivity contribution in [2.24, 2.45) is 0 Å². The van der Waals surface area contributed by atoms with E-state index < -0.39 is 5.79 Å². The minimum absolute atomic E-state index is 0.243. The summed E-state index contributed by atoms with van der Waals surface area (Å²) in [4.78, 5) is 14.8. The summed E-state index contributed by atoms with van der Waals surface area (Å²) in [5, 5.41) is 0. The minimum Gasteiger partial charge on any atom is -0.445 e. The van der Waals surface area contributed by atoms with Gasteiger partial charge < -0.3 is 14.2 Å². The molecule has 3 aromatic carbocycles. The van der Waals surface area contributed by atoms with E-state index >= 15 is 0 Å². The third-order valence-electron chi connectivity index (χ3n) is 6.13. The number of carbonyl (C=O) groups excluding carboxylic acids is 1. The van der Waals surface area contributed by atoms with Crippen LogP contribution in [0.2, 0.25) is 0 Å². The molecule has 5 nitrogen and oxygen atoms in total. The number of carbonyl (C=O) groups is 1. The van der Waals surface area contributed by atoms with Crippen LogP contribution in [0.4, 0.5) is 4.79 Å². The van der Waals surface area contributed by atoms with Gasteiger partial charge >= 0.3 is 6.09 Å². The maximum atomic E-state index is 13.0. The van der Waals surface area contributed by atoms with Gasteiger partial charge in [0.15, 0.2) is 0 Å². The molecule has 33 heavy (non-hydrogen) atoms. The van der Waals surface area contributed by atoms with E-state index in [1.807, 2.05) is 97.1 Å². The van der Waals surface area contributed by atoms with Crippen molar-refractivity contribution >= 4 is 6.09 Å². The summed E-state index contributed by atoms with van der Waals surface area (Å²) in [7, 11) is 0. The molecule has 0 unspecified atom stereocenters. The monoisotopic (exact) mass is 441 g/mol. The summed E-state index contributed by atoms with van der Waals surface area (Å²) in [6.07, 6.45) is 4.25. The van der Waals surface area contributed by atoms with Crippen LogP contribution in [0, 0.1) is 0 Å². The Balaban J connectivity index is 1.37. The molecule has 1 saturated heterocycles. The number of nitrogens with zero attached hydrogens (tertiary/aromatic N) is 1. The van der Waals surface area contributed by atoms with Crippen molar-refractivity contribution in [3.05, 3.63) is 120 Å². The lowest BCUT2D eigenvalue weighted by atomic mass is 9.97. The summed E-state index contributed by atoms with van der Waals surface area (Å²) in [5.74, 6) is -1.02. The van der Waals surface area contributed by atoms with Crippen molar-refractivity contribution in [2.45, 2.75) is 31.0 Å². The quantitative estimate of drug-likeness (QED) is 0.506. The summed E-state index contributed by atoms with van der Waals surface area (Å²) in [6, 6.07) is 29.4. The Labute approximate surface area is 194 Å². The van der Waals surface area contributed by atoms with Crippen molar-refractivity contribution in [1.82, 2.24) is 4.90 Å². The van der Waals surface area contributed by atoms with Crippen LogP contribution in [-0.2, 0) is 26.6 Å². The van der Waals surface area contributed by atoms with Crippen molar-refractivity contribution < 1.29 is 19.0 Å². The Morgan fingerprint density at radius 2 is 1.52 bits per heavy atom. The molecule has 168 valence electrons. The van der Waals surface area contributed by atoms with Gasteiger partial charge in [-0.2, -0.15) is 0 Å². The van der Waals surface area contributed by atoms with Gasteiger partial charge in [-0.1, -0.05) is 103 Å². The van der Waals surface area contributed by atoms with Crippen LogP contribution < -0.4 is 0 Å². The van der Waals surface area contributed by atoms with E-state index in [1.54, 1.807) is 4.90 Å². The zero-order chi connectivity index (χ0) is 22.5. The molecule has 0 saturated carbocycles. The van der Waals surface area contributed by atoms with E-state index in [0.717, 1.165) is 23.1 Å². The summed E-state index contributed by atoms with van der Waals surface area (Å²) < 4.78 is 18.7. The van der Waals surface area contributed by atoms with E-state index in [1.165, 1.54) is 0 Å². The summed E-state index contributed by atoms with van der Waals surface area (Å²) in [5.41, 5.74) is 2.82. The van der Waals surface area contributed by atoms with Crippen LogP contribution in [0.3, 0.4) is 0 Å². The third kappa shape index (κ3) is 4.42. The lowest BCUT2D eigenvalue weighted by molar-refractivity contribution is -0.147. The van der Waals surface area contributed by atoms with E-state index in [9.17, 15) is 4.79 Å². The Hall–Kier alpha value is -3.41. The van der Waals surface area contributed by atoms with Gasteiger partial charge in [0.05, 0.1) is 12.6 Å². The number of amides is 1. The van der Waals surface area contributed by atoms with E-state index in [0.29, 0.717) is 13.2 Å². The average Bonchev–Trinajstić information content (AvgIpc) is 3.36. The van der Waals surface area contributed by atoms with Crippen LogP contribution in [0.25, 0.3) is 0 Å². The third-order valence-corrected chi connectivity index (χ3v) is 6.13. The zero-order valence-electron chi connectivity index (χ0n) is 18.4. The molecule has 0 aliphatic carbocycles. The molecule has 1 fully saturated rings. The molecule has 0 radical (unpaired) electrons. The maximum absolute atomic E-state index is 13.0. The number of hydrogen-bond donors (Lipinski definition) is 0. The second-order valence-corrected chi connectivity index (χ2v) is 8.26. The fourth-order valence-electron chi connectivity index (χ4n) is 4.48. The summed E-state index contributed by atoms with van der Waals surface area (Å²) >= 11 is 0. The molecule has 0 aromatic heterocycles. The number of ether oxygens (including phenoxy) is 3. The van der Waals surface area contributed by atoms with Gasteiger partial charge in [-0.05, 0) is 12.0 Å². The highest BCUT2D eigenvalue weighted by molar-refractivity contribution is 5.69. The van der Waals surface area contributed by atoms with Gasteiger partial charge in [0.2, 0.25) is 5.79 Å². The Bertz CT molecular complexity index is 1050. The second-order valence-electron chi connectivity index (χ2n) is 8.26. The second kappa shape index (κ2) is 9.61. The predicted octanol–water partition coefficient (Wildman–Crippen LogP) is 5.27. The molecule has 2 aliphatic heterocycles. The molecular formula is C28H27NO4. The van der Waals surface area contributed by atoms with Crippen molar-refractivity contribution in [3.8, 4) is 0 Å². The van der Waals surface area contributed by atoms with Crippen molar-refractivity contribution in [2.75, 3.05) is 13.2 Å². The molecule has 0 bridgehead atoms. The van der Waals surface area contributed by atoms with Crippen LogP contribution >= 0.6 is 0 Å². The number of benzene rings is 3. The lowest BCUT2D eigenvalue weighted by Crippen LogP contribution is -2.49. The van der Waals surface area contributed by atoms with E-state index in [-0.39, 0.29) is 24.8 Å². The molecular weight excluding hydrogens is 414 g/mol. The van der Waals surface area contributed by atoms with E-state index in [2.05, 4.69) is 6.08 Å². The van der Waals surface area contributed by atoms with Gasteiger partial charge in [0.1, 0.15) is 12.7 Å². The summed E-state index contributed by atoms with van der Waals surface area (Å²) in [6.45, 7) is 1.19. The van der Waals surface area contributed by atoms with Crippen LogP contribution in [0.5, 0.6) is 0 Å². The maximum Gasteiger partial charge on any atom is 0.410 e. The highest BCUT2D eigenvalue weighted by Crippen LogP contribution is 2.42. The van der Waals surface area contributed by atoms with Gasteiger partial charge in [-0.15, -0.1) is 0 Å². The van der Waals surface area contributed by atoms with Gasteiger partial charge in [0.25, 0.3) is 0 Å². The fourth-order valence-corrected chi connectivity index (χ4v) is 4.48. The van der Waals surface area contributed by atoms with Gasteiger partial charge in [0, 0.05) is 17.7 Å². The first-order chi connectivity index (χ1) is 16.3. The van der Waals surface area contributed by atoms with Gasteiger partial charge in [-0.3, -0.25) is 4.90 Å². The fraction of sp³-hybridized carbons (Fsp3) is 0.250. The molecule has 2 atom stereocenters. The molecule has 5 rings (SSSR count). The largest absolute Gasteiger partial charge is 0.445 e. The van der Waals surface area contributed by atoms with Crippen LogP contribution in [-0.4, -0.2) is 36.3 Å². The molecule has 5 heteroatoms. The average molecular weight is 442 g/mol. The highest BCUT2D eigenvalue weighted by atomic mass is 16.7.